The molecule has 1 rings (SSSR count). The van der Waals surface area contributed by atoms with Gasteiger partial charge < -0.3 is 0 Å². The molecule has 60 valence electrons. The van der Waals surface area contributed by atoms with E-state index < -0.39 is 24.7 Å². The molecule has 0 radical (unpaired) electrons. The van der Waals surface area contributed by atoms with Crippen molar-refractivity contribution >= 4 is 0 Å². The summed E-state index contributed by atoms with van der Waals surface area (Å²) in [6.45, 7) is 0. The minimum atomic E-state index is -2.26. The van der Waals surface area contributed by atoms with Gasteiger partial charge in [0.2, 0.25) is 0 Å². The predicted molar refractivity (Wildman–Crippen MR) is 28.8 cm³/mol. The highest BCUT2D eigenvalue weighted by Gasteiger charge is 2.40. The molecule has 0 spiro atoms. The molecule has 4 atom stereocenters. The fourth-order valence-electron chi connectivity index (χ4n) is 1.04. The first kappa shape index (κ1) is 7.82. The minimum Gasteiger partial charge on any atom is -0.244 e. The normalized spacial score (nSPS) is 49.2. The van der Waals surface area contributed by atoms with Crippen LogP contribution < -0.4 is 0 Å². The number of hydrogen-bond acceptors (Lipinski definition) is 0. The molecular formula is C6H8F4. The third kappa shape index (κ3) is 1.25. The maximum atomic E-state index is 12.2. The second-order valence-electron chi connectivity index (χ2n) is 2.50. The largest absolute Gasteiger partial charge is 0.244 e. The molecule has 0 aromatic carbocycles. The summed E-state index contributed by atoms with van der Waals surface area (Å²) < 4.78 is 48.9. The Hall–Kier alpha value is -0.280. The van der Waals surface area contributed by atoms with Gasteiger partial charge in [-0.1, -0.05) is 0 Å². The van der Waals surface area contributed by atoms with Crippen molar-refractivity contribution in [2.45, 2.75) is 37.5 Å². The van der Waals surface area contributed by atoms with Gasteiger partial charge in [0.1, 0.15) is 12.3 Å². The van der Waals surface area contributed by atoms with E-state index in [1.54, 1.807) is 0 Å². The second-order valence-corrected chi connectivity index (χ2v) is 2.50. The maximum Gasteiger partial charge on any atom is 0.165 e. The van der Waals surface area contributed by atoms with Crippen molar-refractivity contribution in [3.8, 4) is 0 Å². The second kappa shape index (κ2) is 2.76. The van der Waals surface area contributed by atoms with E-state index in [1.165, 1.54) is 0 Å². The van der Waals surface area contributed by atoms with Crippen LogP contribution in [0.25, 0.3) is 0 Å². The van der Waals surface area contributed by atoms with Crippen molar-refractivity contribution in [3.63, 3.8) is 0 Å². The van der Waals surface area contributed by atoms with E-state index in [-0.39, 0.29) is 12.8 Å². The molecule has 1 fully saturated rings. The first-order valence-corrected chi connectivity index (χ1v) is 3.19. The van der Waals surface area contributed by atoms with Crippen LogP contribution in [-0.4, -0.2) is 24.7 Å². The quantitative estimate of drug-likeness (QED) is 0.471. The van der Waals surface area contributed by atoms with Gasteiger partial charge in [-0.15, -0.1) is 0 Å². The summed E-state index contributed by atoms with van der Waals surface area (Å²) in [7, 11) is 0. The summed E-state index contributed by atoms with van der Waals surface area (Å²) in [5.41, 5.74) is 0. The van der Waals surface area contributed by atoms with Gasteiger partial charge in [0, 0.05) is 0 Å². The molecule has 4 heteroatoms. The molecule has 10 heavy (non-hydrogen) atoms. The van der Waals surface area contributed by atoms with Crippen molar-refractivity contribution in [3.05, 3.63) is 0 Å². The van der Waals surface area contributed by atoms with Crippen molar-refractivity contribution in [1.29, 1.82) is 0 Å². The lowest BCUT2D eigenvalue weighted by molar-refractivity contribution is -0.00803. The minimum absolute atomic E-state index is 0.206. The highest BCUT2D eigenvalue weighted by molar-refractivity contribution is 4.88. The van der Waals surface area contributed by atoms with E-state index in [0.717, 1.165) is 0 Å². The Morgan fingerprint density at radius 1 is 0.700 bits per heavy atom. The molecule has 4 unspecified atom stereocenters. The molecule has 0 aliphatic heterocycles. The molecule has 0 aromatic rings. The molecule has 1 aliphatic rings. The molecular weight excluding hydrogens is 148 g/mol. The Labute approximate surface area is 56.2 Å². The van der Waals surface area contributed by atoms with Crippen LogP contribution in [0.5, 0.6) is 0 Å². The Balaban J connectivity index is 2.52. The summed E-state index contributed by atoms with van der Waals surface area (Å²) in [5.74, 6) is 0. The lowest BCUT2D eigenvalue weighted by Gasteiger charge is -2.25. The molecule has 0 heterocycles. The first-order valence-electron chi connectivity index (χ1n) is 3.19. The summed E-state index contributed by atoms with van der Waals surface area (Å²) in [5, 5.41) is 0. The van der Waals surface area contributed by atoms with Gasteiger partial charge in [-0.05, 0) is 12.8 Å². The fourth-order valence-corrected chi connectivity index (χ4v) is 1.04. The Bertz CT molecular complexity index is 102. The fraction of sp³-hybridized carbons (Fsp3) is 1.00. The van der Waals surface area contributed by atoms with E-state index in [9.17, 15) is 17.6 Å². The average Bonchev–Trinajstić information content (AvgIpc) is 1.93. The van der Waals surface area contributed by atoms with Crippen molar-refractivity contribution in [1.82, 2.24) is 0 Å². The van der Waals surface area contributed by atoms with Crippen LogP contribution in [-0.2, 0) is 0 Å². The zero-order valence-electron chi connectivity index (χ0n) is 5.24. The molecule has 0 saturated heterocycles. The van der Waals surface area contributed by atoms with E-state index in [1.807, 2.05) is 0 Å². The van der Waals surface area contributed by atoms with Gasteiger partial charge in [0.15, 0.2) is 12.3 Å². The summed E-state index contributed by atoms with van der Waals surface area (Å²) in [4.78, 5) is 0. The van der Waals surface area contributed by atoms with Gasteiger partial charge >= 0.3 is 0 Å². The Morgan fingerprint density at radius 2 is 1.00 bits per heavy atom. The number of alkyl halides is 4. The van der Waals surface area contributed by atoms with E-state index in [2.05, 4.69) is 0 Å². The zero-order valence-corrected chi connectivity index (χ0v) is 5.24. The van der Waals surface area contributed by atoms with Crippen molar-refractivity contribution < 1.29 is 17.6 Å². The van der Waals surface area contributed by atoms with E-state index in [0.29, 0.717) is 0 Å². The number of rotatable bonds is 0. The maximum absolute atomic E-state index is 12.2. The number of halogens is 4. The summed E-state index contributed by atoms with van der Waals surface area (Å²) in [6, 6.07) is 0. The van der Waals surface area contributed by atoms with E-state index >= 15 is 0 Å². The average molecular weight is 156 g/mol. The molecule has 1 saturated carbocycles. The monoisotopic (exact) mass is 156 g/mol. The van der Waals surface area contributed by atoms with Crippen LogP contribution in [0.3, 0.4) is 0 Å². The highest BCUT2D eigenvalue weighted by atomic mass is 19.2. The molecule has 0 N–H and O–H groups in total. The lowest BCUT2D eigenvalue weighted by atomic mass is 9.94. The van der Waals surface area contributed by atoms with Crippen LogP contribution in [0.1, 0.15) is 12.8 Å². The zero-order chi connectivity index (χ0) is 7.72. The summed E-state index contributed by atoms with van der Waals surface area (Å²) >= 11 is 0. The van der Waals surface area contributed by atoms with Crippen molar-refractivity contribution in [2.24, 2.45) is 0 Å². The van der Waals surface area contributed by atoms with Crippen LogP contribution in [0.15, 0.2) is 0 Å². The van der Waals surface area contributed by atoms with Crippen LogP contribution in [0, 0.1) is 0 Å². The van der Waals surface area contributed by atoms with E-state index in [4.69, 9.17) is 0 Å². The van der Waals surface area contributed by atoms with Crippen molar-refractivity contribution in [2.75, 3.05) is 0 Å². The standard InChI is InChI=1S/C6H8F4/c7-3-1-2-4(8)6(10)5(3)9/h3-6H,1-2H2. The highest BCUT2D eigenvalue weighted by Crippen LogP contribution is 2.28. The topological polar surface area (TPSA) is 0 Å². The molecule has 0 nitrogen and oxygen atoms in total. The SMILES string of the molecule is FC1CCC(F)C(F)C1F. The Morgan fingerprint density at radius 3 is 1.30 bits per heavy atom. The first-order chi connectivity index (χ1) is 4.63. The molecule has 0 bridgehead atoms. The van der Waals surface area contributed by atoms with Gasteiger partial charge in [-0.3, -0.25) is 0 Å². The number of hydrogen-bond donors (Lipinski definition) is 0. The van der Waals surface area contributed by atoms with Gasteiger partial charge in [0.25, 0.3) is 0 Å². The lowest BCUT2D eigenvalue weighted by Crippen LogP contribution is -2.40. The Kier molecular flexibility index (Phi) is 2.16. The third-order valence-corrected chi connectivity index (χ3v) is 1.71. The van der Waals surface area contributed by atoms with Gasteiger partial charge in [-0.2, -0.15) is 0 Å². The molecule has 0 amide bonds. The van der Waals surface area contributed by atoms with Crippen LogP contribution >= 0.6 is 0 Å². The van der Waals surface area contributed by atoms with Crippen LogP contribution in [0.2, 0.25) is 0 Å². The third-order valence-electron chi connectivity index (χ3n) is 1.71. The molecule has 1 aliphatic carbocycles. The van der Waals surface area contributed by atoms with Gasteiger partial charge in [0.05, 0.1) is 0 Å². The smallest absolute Gasteiger partial charge is 0.165 e. The van der Waals surface area contributed by atoms with Crippen LogP contribution in [0.4, 0.5) is 17.6 Å². The summed E-state index contributed by atoms with van der Waals surface area (Å²) in [6.07, 6.45) is -8.57. The van der Waals surface area contributed by atoms with Gasteiger partial charge in [-0.25, -0.2) is 17.6 Å². The molecule has 0 aromatic heterocycles. The predicted octanol–water partition coefficient (Wildman–Crippen LogP) is 2.13.